The molecular weight excluding hydrogens is 428 g/mol. The molecule has 9 heteroatoms. The highest BCUT2D eigenvalue weighted by Crippen LogP contribution is 2.32. The molecule has 8 nitrogen and oxygen atoms in total. The van der Waals surface area contributed by atoms with Crippen molar-refractivity contribution in [3.8, 4) is 0 Å². The van der Waals surface area contributed by atoms with Crippen molar-refractivity contribution in [3.05, 3.63) is 56.3 Å². The first-order chi connectivity index (χ1) is 15.5. The lowest BCUT2D eigenvalue weighted by Crippen LogP contribution is -2.43. The number of nitro groups is 1. The van der Waals surface area contributed by atoms with Crippen LogP contribution in [0.3, 0.4) is 0 Å². The summed E-state index contributed by atoms with van der Waals surface area (Å²) >= 11 is 1.67. The van der Waals surface area contributed by atoms with Crippen molar-refractivity contribution in [2.75, 3.05) is 50.8 Å². The number of carbonyl (C=O) groups excluding carboxylic acids is 1. The molecule has 1 amide bonds. The zero-order valence-electron chi connectivity index (χ0n) is 18.4. The van der Waals surface area contributed by atoms with E-state index in [2.05, 4.69) is 28.1 Å². The van der Waals surface area contributed by atoms with E-state index in [0.29, 0.717) is 36.9 Å². The second-order valence-corrected chi connectivity index (χ2v) is 9.50. The summed E-state index contributed by atoms with van der Waals surface area (Å²) in [6, 6.07) is 8.99. The fourth-order valence-electron chi connectivity index (χ4n) is 4.40. The third-order valence-electron chi connectivity index (χ3n) is 6.37. The minimum atomic E-state index is -0.383. The van der Waals surface area contributed by atoms with Crippen LogP contribution in [0, 0.1) is 16.0 Å². The number of thiophene rings is 1. The van der Waals surface area contributed by atoms with Crippen molar-refractivity contribution in [2.45, 2.75) is 25.8 Å². The van der Waals surface area contributed by atoms with Crippen molar-refractivity contribution in [2.24, 2.45) is 5.92 Å². The lowest BCUT2D eigenvalue weighted by Gasteiger charge is -2.34. The van der Waals surface area contributed by atoms with Gasteiger partial charge < -0.3 is 15.0 Å². The number of nitrogens with zero attached hydrogens (tertiary/aromatic N) is 3. The number of amides is 1. The molecule has 1 unspecified atom stereocenters. The molecule has 0 spiro atoms. The number of nitrogens with one attached hydrogen (secondary N) is 1. The Balaban J connectivity index is 1.47. The molecule has 1 atom stereocenters. The van der Waals surface area contributed by atoms with E-state index in [-0.39, 0.29) is 22.6 Å². The van der Waals surface area contributed by atoms with Crippen LogP contribution in [0.1, 0.15) is 41.0 Å². The minimum absolute atomic E-state index is 0.00445. The van der Waals surface area contributed by atoms with Gasteiger partial charge in [-0.25, -0.2) is 0 Å². The van der Waals surface area contributed by atoms with E-state index in [1.165, 1.54) is 10.9 Å². The van der Waals surface area contributed by atoms with Crippen LogP contribution in [-0.2, 0) is 4.74 Å². The van der Waals surface area contributed by atoms with Gasteiger partial charge in [-0.3, -0.25) is 19.8 Å². The normalized spacial score (nSPS) is 19.0. The van der Waals surface area contributed by atoms with Gasteiger partial charge in [-0.15, -0.1) is 11.3 Å². The number of nitro benzene ring substituents is 1. The number of anilines is 1. The molecule has 2 aromatic rings. The van der Waals surface area contributed by atoms with Gasteiger partial charge in [0.1, 0.15) is 5.69 Å². The topological polar surface area (TPSA) is 88.0 Å². The Bertz CT molecular complexity index is 922. The average molecular weight is 459 g/mol. The van der Waals surface area contributed by atoms with Crippen LogP contribution in [0.4, 0.5) is 11.4 Å². The Morgan fingerprint density at radius 2 is 2.00 bits per heavy atom. The van der Waals surface area contributed by atoms with Crippen LogP contribution < -0.4 is 10.2 Å². The zero-order chi connectivity index (χ0) is 22.5. The largest absolute Gasteiger partial charge is 0.379 e. The van der Waals surface area contributed by atoms with E-state index in [9.17, 15) is 14.9 Å². The van der Waals surface area contributed by atoms with E-state index in [1.54, 1.807) is 23.5 Å². The van der Waals surface area contributed by atoms with E-state index in [0.717, 1.165) is 39.0 Å². The first kappa shape index (κ1) is 22.7. The van der Waals surface area contributed by atoms with Crippen LogP contribution in [0.2, 0.25) is 0 Å². The number of ether oxygens (including phenoxy) is 1. The van der Waals surface area contributed by atoms with Gasteiger partial charge in [-0.05, 0) is 42.3 Å². The molecule has 2 saturated heterocycles. The molecule has 2 aliphatic heterocycles. The number of benzene rings is 1. The third kappa shape index (κ3) is 5.28. The summed E-state index contributed by atoms with van der Waals surface area (Å²) in [5.74, 6) is 0.347. The molecule has 1 aromatic carbocycles. The Hall–Kier alpha value is -2.49. The third-order valence-corrected chi connectivity index (χ3v) is 7.35. The molecule has 0 radical (unpaired) electrons. The van der Waals surface area contributed by atoms with E-state index in [4.69, 9.17) is 4.74 Å². The van der Waals surface area contributed by atoms with Gasteiger partial charge in [-0.2, -0.15) is 0 Å². The maximum absolute atomic E-state index is 12.9. The number of carbonyl (C=O) groups is 1. The molecule has 0 bridgehead atoms. The Labute approximate surface area is 192 Å². The van der Waals surface area contributed by atoms with Gasteiger partial charge in [0, 0.05) is 49.2 Å². The number of hydrogen-bond donors (Lipinski definition) is 1. The molecule has 1 aromatic heterocycles. The molecular formula is C23H30N4O4S. The number of morpholine rings is 1. The van der Waals surface area contributed by atoms with Gasteiger partial charge in [0.15, 0.2) is 0 Å². The summed E-state index contributed by atoms with van der Waals surface area (Å²) in [7, 11) is 0. The molecule has 172 valence electrons. The van der Waals surface area contributed by atoms with Gasteiger partial charge in [0.25, 0.3) is 11.6 Å². The first-order valence-electron chi connectivity index (χ1n) is 11.2. The van der Waals surface area contributed by atoms with Crippen molar-refractivity contribution < 1.29 is 14.5 Å². The summed E-state index contributed by atoms with van der Waals surface area (Å²) < 4.78 is 5.47. The molecule has 32 heavy (non-hydrogen) atoms. The van der Waals surface area contributed by atoms with Crippen molar-refractivity contribution in [3.63, 3.8) is 0 Å². The summed E-state index contributed by atoms with van der Waals surface area (Å²) in [6.07, 6.45) is 2.04. The maximum atomic E-state index is 12.9. The standard InChI is InChI=1S/C23H30N4O4S/c1-17-6-8-25(9-7-17)19-5-4-18(15-20(19)27(29)30)23(28)24-16-21(22-3-2-14-32-22)26-10-12-31-13-11-26/h2-5,14-15,17,21H,6-13,16H2,1H3,(H,24,28). The van der Waals surface area contributed by atoms with Crippen molar-refractivity contribution in [1.82, 2.24) is 10.2 Å². The molecule has 4 rings (SSSR count). The van der Waals surface area contributed by atoms with E-state index in [1.807, 2.05) is 11.4 Å². The summed E-state index contributed by atoms with van der Waals surface area (Å²) in [6.45, 7) is 7.24. The Kier molecular flexibility index (Phi) is 7.39. The quantitative estimate of drug-likeness (QED) is 0.503. The monoisotopic (exact) mass is 458 g/mol. The molecule has 2 aliphatic rings. The zero-order valence-corrected chi connectivity index (χ0v) is 19.2. The number of rotatable bonds is 7. The summed E-state index contributed by atoms with van der Waals surface area (Å²) in [4.78, 5) is 29.9. The highest BCUT2D eigenvalue weighted by Gasteiger charge is 2.27. The fourth-order valence-corrected chi connectivity index (χ4v) is 5.26. The van der Waals surface area contributed by atoms with Gasteiger partial charge in [0.2, 0.25) is 0 Å². The highest BCUT2D eigenvalue weighted by atomic mass is 32.1. The minimum Gasteiger partial charge on any atom is -0.379 e. The summed E-state index contributed by atoms with van der Waals surface area (Å²) in [5.41, 5.74) is 0.913. The molecule has 0 aliphatic carbocycles. The maximum Gasteiger partial charge on any atom is 0.293 e. The van der Waals surface area contributed by atoms with Crippen LogP contribution >= 0.6 is 11.3 Å². The predicted octanol–water partition coefficient (Wildman–Crippen LogP) is 3.70. The second-order valence-electron chi connectivity index (χ2n) is 8.52. The van der Waals surface area contributed by atoms with Gasteiger partial charge in [0.05, 0.1) is 24.2 Å². The average Bonchev–Trinajstić information content (AvgIpc) is 3.34. The highest BCUT2D eigenvalue weighted by molar-refractivity contribution is 7.10. The molecule has 3 heterocycles. The van der Waals surface area contributed by atoms with Crippen molar-refractivity contribution in [1.29, 1.82) is 0 Å². The van der Waals surface area contributed by atoms with Crippen LogP contribution in [0.5, 0.6) is 0 Å². The smallest absolute Gasteiger partial charge is 0.293 e. The van der Waals surface area contributed by atoms with E-state index < -0.39 is 0 Å². The second kappa shape index (κ2) is 10.4. The molecule has 1 N–H and O–H groups in total. The van der Waals surface area contributed by atoms with Crippen molar-refractivity contribution >= 4 is 28.6 Å². The molecule has 2 fully saturated rings. The number of hydrogen-bond acceptors (Lipinski definition) is 7. The van der Waals surface area contributed by atoms with Crippen LogP contribution in [0.15, 0.2) is 35.7 Å². The Morgan fingerprint density at radius 1 is 1.25 bits per heavy atom. The Morgan fingerprint density at radius 3 is 2.66 bits per heavy atom. The van der Waals surface area contributed by atoms with Crippen LogP contribution in [-0.4, -0.2) is 61.7 Å². The lowest BCUT2D eigenvalue weighted by atomic mass is 9.98. The number of piperidine rings is 1. The van der Waals surface area contributed by atoms with Gasteiger partial charge in [-0.1, -0.05) is 13.0 Å². The predicted molar refractivity (Wildman–Crippen MR) is 125 cm³/mol. The molecule has 0 saturated carbocycles. The fraction of sp³-hybridized carbons (Fsp3) is 0.522. The summed E-state index contributed by atoms with van der Waals surface area (Å²) in [5, 5.41) is 16.8. The lowest BCUT2D eigenvalue weighted by molar-refractivity contribution is -0.384. The SMILES string of the molecule is CC1CCN(c2ccc(C(=O)NCC(c3cccs3)N3CCOCC3)cc2[N+](=O)[O-])CC1. The van der Waals surface area contributed by atoms with E-state index >= 15 is 0 Å². The van der Waals surface area contributed by atoms with Crippen LogP contribution in [0.25, 0.3) is 0 Å². The van der Waals surface area contributed by atoms with Gasteiger partial charge >= 0.3 is 0 Å². The first-order valence-corrected chi connectivity index (χ1v) is 12.1.